The van der Waals surface area contributed by atoms with Gasteiger partial charge >= 0.3 is 5.97 Å². The second-order valence-corrected chi connectivity index (χ2v) is 6.91. The molecule has 0 spiro atoms. The SMILES string of the molecule is CCCCCCCC/C=C\CCCCCCCC(=O)ON(CC)CC. The van der Waals surface area contributed by atoms with Crippen molar-refractivity contribution in [1.82, 2.24) is 5.06 Å². The number of carbonyl (C=O) groups excluding carboxylic acids is 1. The van der Waals surface area contributed by atoms with Crippen LogP contribution in [0.4, 0.5) is 0 Å². The predicted octanol–water partition coefficient (Wildman–Crippen LogP) is 6.82. The maximum absolute atomic E-state index is 11.6. The van der Waals surface area contributed by atoms with E-state index >= 15 is 0 Å². The predicted molar refractivity (Wildman–Crippen MR) is 108 cm³/mol. The Kier molecular flexibility index (Phi) is 18.8. The van der Waals surface area contributed by atoms with Crippen LogP contribution in [0.25, 0.3) is 0 Å². The Morgan fingerprint density at radius 1 is 0.720 bits per heavy atom. The van der Waals surface area contributed by atoms with Crippen molar-refractivity contribution < 1.29 is 9.63 Å². The smallest absolute Gasteiger partial charge is 0.325 e. The lowest BCUT2D eigenvalue weighted by Gasteiger charge is -2.16. The molecule has 0 rings (SSSR count). The van der Waals surface area contributed by atoms with Gasteiger partial charge in [-0.1, -0.05) is 70.4 Å². The Hall–Kier alpha value is -0.830. The van der Waals surface area contributed by atoms with Gasteiger partial charge in [-0.3, -0.25) is 4.79 Å². The molecule has 0 saturated heterocycles. The monoisotopic (exact) mass is 353 g/mol. The molecule has 0 heterocycles. The zero-order valence-electron chi connectivity index (χ0n) is 17.2. The third-order valence-electron chi connectivity index (χ3n) is 4.58. The van der Waals surface area contributed by atoms with Gasteiger partial charge in [-0.2, -0.15) is 0 Å². The molecule has 0 aliphatic carbocycles. The van der Waals surface area contributed by atoms with Crippen LogP contribution in [-0.4, -0.2) is 24.1 Å². The first-order valence-corrected chi connectivity index (χ1v) is 10.8. The van der Waals surface area contributed by atoms with Crippen LogP contribution in [0.15, 0.2) is 12.2 Å². The molecule has 0 aromatic heterocycles. The van der Waals surface area contributed by atoms with Gasteiger partial charge in [0.2, 0.25) is 0 Å². The van der Waals surface area contributed by atoms with Crippen LogP contribution in [0.2, 0.25) is 0 Å². The van der Waals surface area contributed by atoms with E-state index in [4.69, 9.17) is 4.84 Å². The molecule has 0 saturated carbocycles. The molecule has 0 aliphatic heterocycles. The van der Waals surface area contributed by atoms with Gasteiger partial charge in [0.1, 0.15) is 0 Å². The molecular weight excluding hydrogens is 310 g/mol. The Balaban J connectivity index is 3.28. The molecule has 0 fully saturated rings. The normalized spacial score (nSPS) is 11.5. The second kappa shape index (κ2) is 19.5. The molecule has 0 bridgehead atoms. The van der Waals surface area contributed by atoms with Crippen LogP contribution >= 0.6 is 0 Å². The minimum absolute atomic E-state index is 0.0821. The molecule has 0 aliphatic rings. The summed E-state index contributed by atoms with van der Waals surface area (Å²) in [7, 11) is 0. The Labute approximate surface area is 157 Å². The number of unbranched alkanes of at least 4 members (excludes halogenated alkanes) is 11. The molecule has 0 aromatic carbocycles. The summed E-state index contributed by atoms with van der Waals surface area (Å²) in [4.78, 5) is 16.9. The maximum atomic E-state index is 11.6. The zero-order chi connectivity index (χ0) is 18.6. The molecule has 0 amide bonds. The molecule has 0 aromatic rings. The molecular formula is C22H43NO2. The highest BCUT2D eigenvalue weighted by Crippen LogP contribution is 2.10. The second-order valence-electron chi connectivity index (χ2n) is 6.91. The van der Waals surface area contributed by atoms with Crippen LogP contribution in [0.3, 0.4) is 0 Å². The minimum atomic E-state index is -0.0821. The highest BCUT2D eigenvalue weighted by atomic mass is 16.7. The van der Waals surface area contributed by atoms with Crippen molar-refractivity contribution in [3.8, 4) is 0 Å². The van der Waals surface area contributed by atoms with Gasteiger partial charge in [-0.15, -0.1) is 5.06 Å². The molecule has 0 N–H and O–H groups in total. The van der Waals surface area contributed by atoms with Gasteiger partial charge in [0.15, 0.2) is 0 Å². The van der Waals surface area contributed by atoms with Gasteiger partial charge in [0, 0.05) is 19.5 Å². The van der Waals surface area contributed by atoms with E-state index in [0.29, 0.717) is 6.42 Å². The van der Waals surface area contributed by atoms with Crippen LogP contribution in [-0.2, 0) is 9.63 Å². The third-order valence-corrected chi connectivity index (χ3v) is 4.58. The summed E-state index contributed by atoms with van der Waals surface area (Å²) in [6.07, 6.45) is 21.9. The van der Waals surface area contributed by atoms with E-state index in [2.05, 4.69) is 19.1 Å². The summed E-state index contributed by atoms with van der Waals surface area (Å²) >= 11 is 0. The lowest BCUT2D eigenvalue weighted by Crippen LogP contribution is -2.26. The van der Waals surface area contributed by atoms with Crippen LogP contribution in [0.5, 0.6) is 0 Å². The van der Waals surface area contributed by atoms with Gasteiger partial charge in [0.25, 0.3) is 0 Å². The van der Waals surface area contributed by atoms with E-state index in [1.54, 1.807) is 5.06 Å². The fraction of sp³-hybridized carbons (Fsp3) is 0.864. The fourth-order valence-corrected chi connectivity index (χ4v) is 2.88. The van der Waals surface area contributed by atoms with Crippen LogP contribution in [0.1, 0.15) is 111 Å². The quantitative estimate of drug-likeness (QED) is 0.154. The summed E-state index contributed by atoms with van der Waals surface area (Å²) in [5, 5.41) is 1.71. The molecule has 3 nitrogen and oxygen atoms in total. The van der Waals surface area contributed by atoms with Crippen LogP contribution < -0.4 is 0 Å². The van der Waals surface area contributed by atoms with Crippen molar-refractivity contribution in [2.24, 2.45) is 0 Å². The van der Waals surface area contributed by atoms with E-state index in [1.165, 1.54) is 70.6 Å². The summed E-state index contributed by atoms with van der Waals surface area (Å²) in [5.41, 5.74) is 0. The number of hydroxylamine groups is 2. The lowest BCUT2D eigenvalue weighted by atomic mass is 10.1. The molecule has 0 atom stereocenters. The van der Waals surface area contributed by atoms with Gasteiger partial charge in [-0.25, -0.2) is 0 Å². The summed E-state index contributed by atoms with van der Waals surface area (Å²) in [6, 6.07) is 0. The first kappa shape index (κ1) is 24.2. The van der Waals surface area contributed by atoms with Crippen molar-refractivity contribution in [3.05, 3.63) is 12.2 Å². The van der Waals surface area contributed by atoms with E-state index in [1.807, 2.05) is 13.8 Å². The van der Waals surface area contributed by atoms with Crippen LogP contribution in [0, 0.1) is 0 Å². The number of nitrogens with zero attached hydrogens (tertiary/aromatic N) is 1. The van der Waals surface area contributed by atoms with Crippen molar-refractivity contribution in [3.63, 3.8) is 0 Å². The van der Waals surface area contributed by atoms with Crippen molar-refractivity contribution in [2.75, 3.05) is 13.1 Å². The first-order valence-electron chi connectivity index (χ1n) is 10.8. The molecule has 3 heteroatoms. The average Bonchev–Trinajstić information content (AvgIpc) is 2.62. The molecule has 25 heavy (non-hydrogen) atoms. The maximum Gasteiger partial charge on any atom is 0.325 e. The molecule has 148 valence electrons. The highest BCUT2D eigenvalue weighted by molar-refractivity contribution is 5.68. The Morgan fingerprint density at radius 3 is 1.72 bits per heavy atom. The fourth-order valence-electron chi connectivity index (χ4n) is 2.88. The Morgan fingerprint density at radius 2 is 1.20 bits per heavy atom. The van der Waals surface area contributed by atoms with Gasteiger partial charge < -0.3 is 4.84 Å². The van der Waals surface area contributed by atoms with Gasteiger partial charge in [0.05, 0.1) is 0 Å². The van der Waals surface area contributed by atoms with Crippen molar-refractivity contribution >= 4 is 5.97 Å². The number of allylic oxidation sites excluding steroid dienone is 2. The van der Waals surface area contributed by atoms with E-state index in [-0.39, 0.29) is 5.97 Å². The third kappa shape index (κ3) is 17.8. The number of hydrogen-bond donors (Lipinski definition) is 0. The summed E-state index contributed by atoms with van der Waals surface area (Å²) < 4.78 is 0. The summed E-state index contributed by atoms with van der Waals surface area (Å²) in [5.74, 6) is -0.0821. The number of rotatable bonds is 18. The molecule has 0 radical (unpaired) electrons. The zero-order valence-corrected chi connectivity index (χ0v) is 17.2. The van der Waals surface area contributed by atoms with E-state index < -0.39 is 0 Å². The topological polar surface area (TPSA) is 29.5 Å². The highest BCUT2D eigenvalue weighted by Gasteiger charge is 2.07. The van der Waals surface area contributed by atoms with E-state index in [9.17, 15) is 4.79 Å². The Bertz CT molecular complexity index is 311. The number of hydrogen-bond acceptors (Lipinski definition) is 3. The standard InChI is InChI=1S/C22H43NO2/c1-4-7-8-9-10-11-12-13-14-15-16-17-18-19-20-21-22(24)25-23(5-2)6-3/h13-14H,4-12,15-21H2,1-3H3/b14-13-. The van der Waals surface area contributed by atoms with Crippen molar-refractivity contribution in [2.45, 2.75) is 111 Å². The largest absolute Gasteiger partial charge is 0.368 e. The van der Waals surface area contributed by atoms with E-state index in [0.717, 1.165) is 25.9 Å². The summed E-state index contributed by atoms with van der Waals surface area (Å²) in [6.45, 7) is 7.78. The van der Waals surface area contributed by atoms with Gasteiger partial charge in [-0.05, 0) is 46.0 Å². The first-order chi connectivity index (χ1) is 12.2. The van der Waals surface area contributed by atoms with Crippen molar-refractivity contribution in [1.29, 1.82) is 0 Å². The molecule has 0 unspecified atom stereocenters. The average molecular weight is 354 g/mol. The number of carbonyl (C=O) groups is 1. The minimum Gasteiger partial charge on any atom is -0.368 e. The lowest BCUT2D eigenvalue weighted by molar-refractivity contribution is -0.188.